The van der Waals surface area contributed by atoms with Crippen LogP contribution in [0.2, 0.25) is 0 Å². The van der Waals surface area contributed by atoms with Gasteiger partial charge in [-0.05, 0) is 41.5 Å². The normalized spacial score (nSPS) is 11.9. The maximum atomic E-state index is 12.3. The van der Waals surface area contributed by atoms with Crippen LogP contribution in [0.4, 0.5) is 10.5 Å². The van der Waals surface area contributed by atoms with Gasteiger partial charge in [0.25, 0.3) is 0 Å². The fourth-order valence-corrected chi connectivity index (χ4v) is 1.72. The first-order chi connectivity index (χ1) is 9.59. The molecule has 0 saturated heterocycles. The van der Waals surface area contributed by atoms with Crippen LogP contribution >= 0.6 is 0 Å². The van der Waals surface area contributed by atoms with Crippen LogP contribution in [0.1, 0.15) is 41.5 Å². The van der Waals surface area contributed by atoms with Crippen molar-refractivity contribution in [1.29, 1.82) is 0 Å². The van der Waals surface area contributed by atoms with Crippen molar-refractivity contribution in [3.8, 4) is 0 Å². The summed E-state index contributed by atoms with van der Waals surface area (Å²) in [6, 6.07) is 0. The summed E-state index contributed by atoms with van der Waals surface area (Å²) in [5, 5.41) is 3.19. The van der Waals surface area contributed by atoms with E-state index in [9.17, 15) is 4.79 Å². The van der Waals surface area contributed by atoms with Crippen LogP contribution in [0.5, 0.6) is 0 Å². The van der Waals surface area contributed by atoms with E-state index in [1.165, 1.54) is 6.33 Å². The molecule has 0 saturated carbocycles. The van der Waals surface area contributed by atoms with Gasteiger partial charge in [-0.1, -0.05) is 0 Å². The van der Waals surface area contributed by atoms with Crippen molar-refractivity contribution in [3.63, 3.8) is 0 Å². The van der Waals surface area contributed by atoms with Crippen LogP contribution in [-0.2, 0) is 4.74 Å². The van der Waals surface area contributed by atoms with Gasteiger partial charge in [0, 0.05) is 18.6 Å². The molecule has 0 atom stereocenters. The van der Waals surface area contributed by atoms with Gasteiger partial charge < -0.3 is 15.0 Å². The second-order valence-electron chi connectivity index (χ2n) is 6.86. The second-order valence-corrected chi connectivity index (χ2v) is 6.86. The van der Waals surface area contributed by atoms with Crippen LogP contribution in [0.15, 0.2) is 18.7 Å². The molecule has 0 unspecified atom stereocenters. The van der Waals surface area contributed by atoms with E-state index >= 15 is 0 Å². The summed E-state index contributed by atoms with van der Waals surface area (Å²) in [5.41, 5.74) is 0.0222. The zero-order valence-electron chi connectivity index (χ0n) is 13.8. The van der Waals surface area contributed by atoms with E-state index in [2.05, 4.69) is 15.3 Å². The molecule has 1 N–H and O–H groups in total. The molecule has 118 valence electrons. The SMILES string of the molecule is CC(C)(C)OC(=O)N(CCNc1cncnc1)C(C)(C)C. The van der Waals surface area contributed by atoms with Gasteiger partial charge in [-0.2, -0.15) is 0 Å². The van der Waals surface area contributed by atoms with Crippen molar-refractivity contribution in [2.45, 2.75) is 52.7 Å². The molecule has 1 heterocycles. The Morgan fingerprint density at radius 2 is 1.76 bits per heavy atom. The maximum absolute atomic E-state index is 12.3. The van der Waals surface area contributed by atoms with Crippen LogP contribution in [-0.4, -0.2) is 45.2 Å². The molecule has 1 aromatic heterocycles. The minimum absolute atomic E-state index is 0.305. The third kappa shape index (κ3) is 6.42. The summed E-state index contributed by atoms with van der Waals surface area (Å²) in [6.07, 6.45) is 4.57. The van der Waals surface area contributed by atoms with Gasteiger partial charge in [0.15, 0.2) is 0 Å². The molecule has 1 rings (SSSR count). The van der Waals surface area contributed by atoms with Crippen LogP contribution in [0.3, 0.4) is 0 Å². The van der Waals surface area contributed by atoms with Gasteiger partial charge in [-0.25, -0.2) is 14.8 Å². The number of carbonyl (C=O) groups excluding carboxylic acids is 1. The molecule has 1 amide bonds. The smallest absolute Gasteiger partial charge is 0.410 e. The number of anilines is 1. The fourth-order valence-electron chi connectivity index (χ4n) is 1.72. The highest BCUT2D eigenvalue weighted by Gasteiger charge is 2.30. The maximum Gasteiger partial charge on any atom is 0.410 e. The van der Waals surface area contributed by atoms with Gasteiger partial charge in [0.2, 0.25) is 0 Å². The first-order valence-corrected chi connectivity index (χ1v) is 7.09. The Morgan fingerprint density at radius 1 is 1.19 bits per heavy atom. The lowest BCUT2D eigenvalue weighted by atomic mass is 10.1. The molecule has 0 aliphatic carbocycles. The molecule has 0 spiro atoms. The Hall–Kier alpha value is -1.85. The number of hydrogen-bond donors (Lipinski definition) is 1. The van der Waals surface area contributed by atoms with Crippen molar-refractivity contribution in [3.05, 3.63) is 18.7 Å². The third-order valence-corrected chi connectivity index (χ3v) is 2.65. The van der Waals surface area contributed by atoms with Crippen LogP contribution in [0.25, 0.3) is 0 Å². The van der Waals surface area contributed by atoms with E-state index in [-0.39, 0.29) is 11.6 Å². The molecule has 6 nitrogen and oxygen atoms in total. The Morgan fingerprint density at radius 3 is 2.24 bits per heavy atom. The number of rotatable bonds is 4. The summed E-state index contributed by atoms with van der Waals surface area (Å²) in [6.45, 7) is 12.7. The van der Waals surface area contributed by atoms with Crippen molar-refractivity contribution in [2.75, 3.05) is 18.4 Å². The minimum atomic E-state index is -0.499. The number of nitrogens with one attached hydrogen (secondary N) is 1. The summed E-state index contributed by atoms with van der Waals surface area (Å²) in [4.78, 5) is 21.9. The number of aromatic nitrogens is 2. The van der Waals surface area contributed by atoms with Gasteiger partial charge in [-0.15, -0.1) is 0 Å². The van der Waals surface area contributed by atoms with Crippen LogP contribution < -0.4 is 5.32 Å². The second kappa shape index (κ2) is 6.74. The van der Waals surface area contributed by atoms with E-state index in [1.54, 1.807) is 17.3 Å². The molecule has 0 aliphatic heterocycles. The van der Waals surface area contributed by atoms with E-state index < -0.39 is 5.60 Å². The Labute approximate surface area is 126 Å². The largest absolute Gasteiger partial charge is 0.444 e. The minimum Gasteiger partial charge on any atom is -0.444 e. The van der Waals surface area contributed by atoms with Gasteiger partial charge in [0.1, 0.15) is 11.9 Å². The average Bonchev–Trinajstić information content (AvgIpc) is 2.32. The quantitative estimate of drug-likeness (QED) is 0.924. The molecular formula is C15H26N4O2. The standard InChI is InChI=1S/C15H26N4O2/c1-14(2,3)19(13(20)21-15(4,5)6)8-7-18-12-9-16-11-17-10-12/h9-11,18H,7-8H2,1-6H3. The lowest BCUT2D eigenvalue weighted by molar-refractivity contribution is 0.00749. The van der Waals surface area contributed by atoms with Gasteiger partial charge in [0.05, 0.1) is 18.1 Å². The zero-order valence-corrected chi connectivity index (χ0v) is 13.8. The monoisotopic (exact) mass is 294 g/mol. The summed E-state index contributed by atoms with van der Waals surface area (Å²) < 4.78 is 5.46. The van der Waals surface area contributed by atoms with Crippen molar-refractivity contribution in [1.82, 2.24) is 14.9 Å². The summed E-state index contributed by atoms with van der Waals surface area (Å²) in [5.74, 6) is 0. The molecule has 6 heteroatoms. The van der Waals surface area contributed by atoms with Crippen molar-refractivity contribution in [2.24, 2.45) is 0 Å². The van der Waals surface area contributed by atoms with E-state index in [0.717, 1.165) is 5.69 Å². The number of ether oxygens (including phenoxy) is 1. The van der Waals surface area contributed by atoms with Gasteiger partial charge >= 0.3 is 6.09 Å². The van der Waals surface area contributed by atoms with E-state index in [4.69, 9.17) is 4.74 Å². The molecule has 1 aromatic rings. The zero-order chi connectivity index (χ0) is 16.1. The molecule has 0 bridgehead atoms. The summed E-state index contributed by atoms with van der Waals surface area (Å²) >= 11 is 0. The molecule has 0 aliphatic rings. The molecular weight excluding hydrogens is 268 g/mol. The summed E-state index contributed by atoms with van der Waals surface area (Å²) in [7, 11) is 0. The molecule has 0 fully saturated rings. The Bertz CT molecular complexity index is 449. The highest BCUT2D eigenvalue weighted by Crippen LogP contribution is 2.18. The Balaban J connectivity index is 2.61. The predicted molar refractivity (Wildman–Crippen MR) is 83.2 cm³/mol. The lowest BCUT2D eigenvalue weighted by Gasteiger charge is -2.36. The molecule has 0 radical (unpaired) electrons. The topological polar surface area (TPSA) is 67.3 Å². The number of carbonyl (C=O) groups is 1. The fraction of sp³-hybridized carbons (Fsp3) is 0.667. The van der Waals surface area contributed by atoms with E-state index in [0.29, 0.717) is 13.1 Å². The van der Waals surface area contributed by atoms with E-state index in [1.807, 2.05) is 41.5 Å². The highest BCUT2D eigenvalue weighted by molar-refractivity contribution is 5.69. The first-order valence-electron chi connectivity index (χ1n) is 7.09. The number of amides is 1. The predicted octanol–water partition coefficient (Wildman–Crippen LogP) is 2.92. The van der Waals surface area contributed by atoms with Gasteiger partial charge in [-0.3, -0.25) is 0 Å². The Kier molecular flexibility index (Phi) is 5.52. The molecule has 0 aromatic carbocycles. The number of hydrogen-bond acceptors (Lipinski definition) is 5. The average molecular weight is 294 g/mol. The third-order valence-electron chi connectivity index (χ3n) is 2.65. The van der Waals surface area contributed by atoms with Crippen molar-refractivity contribution < 1.29 is 9.53 Å². The van der Waals surface area contributed by atoms with Crippen LogP contribution in [0, 0.1) is 0 Å². The van der Waals surface area contributed by atoms with Crippen molar-refractivity contribution >= 4 is 11.8 Å². The number of nitrogens with zero attached hydrogens (tertiary/aromatic N) is 3. The highest BCUT2D eigenvalue weighted by atomic mass is 16.6. The lowest BCUT2D eigenvalue weighted by Crippen LogP contribution is -2.49. The molecule has 21 heavy (non-hydrogen) atoms. The first kappa shape index (κ1) is 17.2.